The van der Waals surface area contributed by atoms with Gasteiger partial charge in [-0.15, -0.1) is 0 Å². The molecule has 0 aliphatic carbocycles. The first-order chi connectivity index (χ1) is 13.4. The summed E-state index contributed by atoms with van der Waals surface area (Å²) in [5, 5.41) is 6.97. The second-order valence-corrected chi connectivity index (χ2v) is 8.39. The minimum atomic E-state index is -3.38. The number of benzene rings is 1. The third kappa shape index (κ3) is 3.79. The molecule has 4 aromatic rings. The Balaban J connectivity index is 1.48. The van der Waals surface area contributed by atoms with Gasteiger partial charge >= 0.3 is 0 Å². The Hall–Kier alpha value is -3.46. The molecule has 0 aliphatic rings. The van der Waals surface area contributed by atoms with Crippen molar-refractivity contribution in [2.24, 2.45) is 0 Å². The lowest BCUT2D eigenvalue weighted by Gasteiger charge is -2.04. The summed E-state index contributed by atoms with van der Waals surface area (Å²) in [4.78, 5) is 17.0. The summed E-state index contributed by atoms with van der Waals surface area (Å²) in [5.41, 5.74) is 2.46. The smallest absolute Gasteiger partial charge is 0.255 e. The number of anilines is 1. The van der Waals surface area contributed by atoms with E-state index in [1.807, 2.05) is 35.0 Å². The highest BCUT2D eigenvalue weighted by Crippen LogP contribution is 2.14. The van der Waals surface area contributed by atoms with Gasteiger partial charge in [0.25, 0.3) is 5.91 Å². The quantitative estimate of drug-likeness (QED) is 0.559. The van der Waals surface area contributed by atoms with Gasteiger partial charge in [-0.3, -0.25) is 9.48 Å². The van der Waals surface area contributed by atoms with Gasteiger partial charge in [0.1, 0.15) is 5.65 Å². The van der Waals surface area contributed by atoms with Crippen LogP contribution in [-0.4, -0.2) is 39.7 Å². The minimum absolute atomic E-state index is 0.0997. The predicted octanol–water partition coefficient (Wildman–Crippen LogP) is 2.23. The van der Waals surface area contributed by atoms with Crippen LogP contribution in [0.15, 0.2) is 72.1 Å². The molecule has 0 spiro atoms. The Labute approximate surface area is 161 Å². The van der Waals surface area contributed by atoms with Crippen LogP contribution in [0.4, 0.5) is 5.69 Å². The van der Waals surface area contributed by atoms with Gasteiger partial charge in [-0.1, -0.05) is 12.1 Å². The molecular weight excluding hydrogens is 378 g/mol. The van der Waals surface area contributed by atoms with E-state index >= 15 is 0 Å². The van der Waals surface area contributed by atoms with Gasteiger partial charge in [-0.2, -0.15) is 5.10 Å². The number of carbonyl (C=O) groups is 1. The van der Waals surface area contributed by atoms with E-state index in [9.17, 15) is 13.2 Å². The van der Waals surface area contributed by atoms with E-state index in [1.54, 1.807) is 16.9 Å². The Morgan fingerprint density at radius 2 is 2.00 bits per heavy atom. The number of nitrogens with one attached hydrogen (secondary N) is 1. The van der Waals surface area contributed by atoms with Crippen molar-refractivity contribution in [2.75, 3.05) is 11.6 Å². The van der Waals surface area contributed by atoms with Gasteiger partial charge < -0.3 is 9.72 Å². The molecule has 0 saturated carbocycles. The Kier molecular flexibility index (Phi) is 4.44. The van der Waals surface area contributed by atoms with Crippen molar-refractivity contribution in [1.82, 2.24) is 19.2 Å². The maximum absolute atomic E-state index is 12.4. The van der Waals surface area contributed by atoms with Gasteiger partial charge in [-0.05, 0) is 30.3 Å². The number of fused-ring (bicyclic) bond motifs is 1. The number of aromatic nitrogens is 4. The molecule has 0 radical (unpaired) electrons. The van der Waals surface area contributed by atoms with Crippen molar-refractivity contribution >= 4 is 27.1 Å². The zero-order valence-corrected chi connectivity index (χ0v) is 15.8. The van der Waals surface area contributed by atoms with E-state index in [-0.39, 0.29) is 10.5 Å². The third-order valence-electron chi connectivity index (χ3n) is 4.15. The van der Waals surface area contributed by atoms with Crippen molar-refractivity contribution in [2.45, 2.75) is 11.4 Å². The number of pyridine rings is 1. The summed E-state index contributed by atoms with van der Waals surface area (Å²) in [6.07, 6.45) is 8.18. The zero-order valence-electron chi connectivity index (χ0n) is 15.0. The number of nitrogens with zero attached hydrogens (tertiary/aromatic N) is 4. The standard InChI is InChI=1S/C19H17N5O3S/c1-28(26,27)17-6-4-5-14(9-17)19(25)22-15-10-20-24(12-15)13-16-11-23-8-3-2-7-18(23)21-16/h2-12H,13H2,1H3,(H,22,25). The maximum atomic E-state index is 12.4. The van der Waals surface area contributed by atoms with Crippen molar-refractivity contribution in [3.63, 3.8) is 0 Å². The SMILES string of the molecule is CS(=O)(=O)c1cccc(C(=O)Nc2cnn(Cc3cn4ccccc4n3)c2)c1. The van der Waals surface area contributed by atoms with Crippen molar-refractivity contribution in [3.8, 4) is 0 Å². The second kappa shape index (κ2) is 6.93. The van der Waals surface area contributed by atoms with Crippen molar-refractivity contribution in [3.05, 3.63) is 78.5 Å². The van der Waals surface area contributed by atoms with Crippen LogP contribution < -0.4 is 5.32 Å². The molecule has 1 aromatic carbocycles. The molecule has 1 amide bonds. The van der Waals surface area contributed by atoms with E-state index < -0.39 is 15.7 Å². The Bertz CT molecular complexity index is 1240. The first-order valence-electron chi connectivity index (χ1n) is 8.45. The predicted molar refractivity (Wildman–Crippen MR) is 104 cm³/mol. The van der Waals surface area contributed by atoms with E-state index in [0.29, 0.717) is 12.2 Å². The normalized spacial score (nSPS) is 11.6. The van der Waals surface area contributed by atoms with Crippen LogP contribution in [-0.2, 0) is 16.4 Å². The first kappa shape index (κ1) is 17.9. The molecule has 28 heavy (non-hydrogen) atoms. The number of rotatable bonds is 5. The molecule has 142 valence electrons. The fraction of sp³-hybridized carbons (Fsp3) is 0.105. The minimum Gasteiger partial charge on any atom is -0.319 e. The largest absolute Gasteiger partial charge is 0.319 e. The van der Waals surface area contributed by atoms with Crippen molar-refractivity contribution < 1.29 is 13.2 Å². The molecule has 0 atom stereocenters. The average molecular weight is 395 g/mol. The summed E-state index contributed by atoms with van der Waals surface area (Å²) in [6, 6.07) is 11.7. The first-order valence-corrected chi connectivity index (χ1v) is 10.3. The van der Waals surface area contributed by atoms with Crippen LogP contribution in [0.1, 0.15) is 16.1 Å². The molecule has 0 saturated heterocycles. The number of hydrogen-bond donors (Lipinski definition) is 1. The molecule has 4 rings (SSSR count). The lowest BCUT2D eigenvalue weighted by Crippen LogP contribution is -2.12. The fourth-order valence-electron chi connectivity index (χ4n) is 2.82. The zero-order chi connectivity index (χ0) is 19.7. The van der Waals surface area contributed by atoms with Crippen LogP contribution in [0.5, 0.6) is 0 Å². The van der Waals surface area contributed by atoms with E-state index in [2.05, 4.69) is 15.4 Å². The summed E-state index contributed by atoms with van der Waals surface area (Å²) in [7, 11) is -3.38. The maximum Gasteiger partial charge on any atom is 0.255 e. The topological polar surface area (TPSA) is 98.4 Å². The van der Waals surface area contributed by atoms with Gasteiger partial charge in [-0.25, -0.2) is 13.4 Å². The van der Waals surface area contributed by atoms with Crippen LogP contribution in [0.3, 0.4) is 0 Å². The molecule has 0 unspecified atom stereocenters. The van der Waals surface area contributed by atoms with Gasteiger partial charge in [0.15, 0.2) is 9.84 Å². The number of hydrogen-bond acceptors (Lipinski definition) is 5. The number of sulfone groups is 1. The highest BCUT2D eigenvalue weighted by molar-refractivity contribution is 7.90. The molecule has 0 fully saturated rings. The van der Waals surface area contributed by atoms with Gasteiger partial charge in [0.05, 0.1) is 29.0 Å². The highest BCUT2D eigenvalue weighted by Gasteiger charge is 2.13. The molecule has 0 aliphatic heterocycles. The molecule has 9 heteroatoms. The summed E-state index contributed by atoms with van der Waals surface area (Å²) in [5.74, 6) is -0.405. The third-order valence-corrected chi connectivity index (χ3v) is 5.26. The van der Waals surface area contributed by atoms with E-state index in [1.165, 1.54) is 24.4 Å². The number of imidazole rings is 1. The molecular formula is C19H17N5O3S. The number of amides is 1. The Morgan fingerprint density at radius 1 is 1.14 bits per heavy atom. The van der Waals surface area contributed by atoms with Crippen LogP contribution >= 0.6 is 0 Å². The molecule has 3 heterocycles. The summed E-state index contributed by atoms with van der Waals surface area (Å²) >= 11 is 0. The lowest BCUT2D eigenvalue weighted by molar-refractivity contribution is 0.102. The monoisotopic (exact) mass is 395 g/mol. The summed E-state index contributed by atoms with van der Waals surface area (Å²) < 4.78 is 26.9. The molecule has 0 bridgehead atoms. The van der Waals surface area contributed by atoms with E-state index in [4.69, 9.17) is 0 Å². The van der Waals surface area contributed by atoms with Gasteiger partial charge in [0.2, 0.25) is 0 Å². The molecule has 1 N–H and O–H groups in total. The lowest BCUT2D eigenvalue weighted by atomic mass is 10.2. The van der Waals surface area contributed by atoms with Crippen LogP contribution in [0.2, 0.25) is 0 Å². The fourth-order valence-corrected chi connectivity index (χ4v) is 3.48. The van der Waals surface area contributed by atoms with Crippen LogP contribution in [0, 0.1) is 0 Å². The van der Waals surface area contributed by atoms with Gasteiger partial charge in [0, 0.05) is 30.4 Å². The molecule has 8 nitrogen and oxygen atoms in total. The average Bonchev–Trinajstić information content (AvgIpc) is 3.27. The van der Waals surface area contributed by atoms with Crippen LogP contribution in [0.25, 0.3) is 5.65 Å². The Morgan fingerprint density at radius 3 is 2.79 bits per heavy atom. The molecule has 3 aromatic heterocycles. The van der Waals surface area contributed by atoms with Crippen molar-refractivity contribution in [1.29, 1.82) is 0 Å². The summed E-state index contributed by atoms with van der Waals surface area (Å²) in [6.45, 7) is 0.459. The highest BCUT2D eigenvalue weighted by atomic mass is 32.2. The number of carbonyl (C=O) groups excluding carboxylic acids is 1. The van der Waals surface area contributed by atoms with E-state index in [0.717, 1.165) is 17.6 Å². The second-order valence-electron chi connectivity index (χ2n) is 6.38.